The topological polar surface area (TPSA) is 175 Å². The van der Waals surface area contributed by atoms with Crippen molar-refractivity contribution in [2.24, 2.45) is 0 Å². The molecule has 1 aliphatic heterocycles. The zero-order chi connectivity index (χ0) is 66.0. The molecule has 1 heterocycles. The van der Waals surface area contributed by atoms with E-state index in [0.717, 1.165) is 83.5 Å². The predicted molar refractivity (Wildman–Crippen MR) is 384 cm³/mol. The number of rotatable bonds is 68. The molecule has 0 bridgehead atoms. The molecule has 11 heteroatoms. The largest absolute Gasteiger partial charge is 0.454 e. The van der Waals surface area contributed by atoms with Crippen molar-refractivity contribution in [3.8, 4) is 0 Å². The normalized spacial score (nSPS) is 18.3. The van der Waals surface area contributed by atoms with Crippen LogP contribution in [-0.2, 0) is 23.8 Å². The van der Waals surface area contributed by atoms with Gasteiger partial charge >= 0.3 is 5.97 Å². The molecule has 0 aromatic carbocycles. The molecule has 1 amide bonds. The van der Waals surface area contributed by atoms with E-state index in [9.17, 15) is 35.1 Å². The summed E-state index contributed by atoms with van der Waals surface area (Å²) in [7, 11) is 0. The molecule has 0 radical (unpaired) electrons. The van der Waals surface area contributed by atoms with Crippen molar-refractivity contribution >= 4 is 11.9 Å². The summed E-state index contributed by atoms with van der Waals surface area (Å²) in [6.07, 6.45) is 77.1. The van der Waals surface area contributed by atoms with Crippen molar-refractivity contribution < 1.29 is 49.3 Å². The summed E-state index contributed by atoms with van der Waals surface area (Å²) in [6, 6.07) is -1.03. The standard InChI is InChI=1S/C80H147NO10/c1-4-7-10-13-16-19-22-24-26-28-30-32-34-36-37-38-40-42-44-46-48-50-53-56-59-62-65-68-75(85)91-78-77(87)76(86)74(69-82)90-80(78)89-70-71(72(83)66-63-60-57-54-51-21-18-15-12-9-6-3)81-79(88)73(84)67-64-61-58-55-52-49-47-45-43-41-39-35-33-31-29-27-25-23-20-17-14-11-8-5-2/h17,20,25,27,31,33,39,41,63,66,71-74,76-78,80,82-84,86-87H,4-16,18-19,21-24,26,28-30,32,34-38,40,42-62,64-65,67-70H2,1-3H3,(H,81,88)/b20-17-,27-25-,33-31-,41-39-,66-63+. The maximum absolute atomic E-state index is 13.5. The average molecular weight is 1280 g/mol. The summed E-state index contributed by atoms with van der Waals surface area (Å²) < 4.78 is 17.7. The van der Waals surface area contributed by atoms with Crippen LogP contribution in [0.5, 0.6) is 0 Å². The molecule has 0 aliphatic carbocycles. The second-order valence-electron chi connectivity index (χ2n) is 27.1. The molecule has 532 valence electrons. The summed E-state index contributed by atoms with van der Waals surface area (Å²) >= 11 is 0. The summed E-state index contributed by atoms with van der Waals surface area (Å²) in [4.78, 5) is 26.7. The highest BCUT2D eigenvalue weighted by Gasteiger charge is 2.47. The minimum Gasteiger partial charge on any atom is -0.454 e. The summed E-state index contributed by atoms with van der Waals surface area (Å²) in [5.41, 5.74) is 0. The van der Waals surface area contributed by atoms with E-state index in [-0.39, 0.29) is 19.4 Å². The number of aliphatic hydroxyl groups excluding tert-OH is 5. The van der Waals surface area contributed by atoms with Gasteiger partial charge < -0.3 is 45.1 Å². The first-order chi connectivity index (χ1) is 44.7. The van der Waals surface area contributed by atoms with Crippen LogP contribution in [0.1, 0.15) is 374 Å². The highest BCUT2D eigenvalue weighted by molar-refractivity contribution is 5.80. The van der Waals surface area contributed by atoms with Crippen molar-refractivity contribution in [2.75, 3.05) is 13.2 Å². The maximum atomic E-state index is 13.5. The number of ether oxygens (including phenoxy) is 3. The van der Waals surface area contributed by atoms with E-state index in [0.29, 0.717) is 12.8 Å². The Balaban J connectivity index is 2.48. The van der Waals surface area contributed by atoms with E-state index in [2.05, 4.69) is 74.7 Å². The molecule has 91 heavy (non-hydrogen) atoms. The lowest BCUT2D eigenvalue weighted by atomic mass is 9.99. The number of hydrogen-bond donors (Lipinski definition) is 6. The highest BCUT2D eigenvalue weighted by atomic mass is 16.7. The van der Waals surface area contributed by atoms with Gasteiger partial charge in [-0.2, -0.15) is 0 Å². The first kappa shape index (κ1) is 86.4. The van der Waals surface area contributed by atoms with Crippen LogP contribution < -0.4 is 5.32 Å². The van der Waals surface area contributed by atoms with Crippen LogP contribution in [0.2, 0.25) is 0 Å². The predicted octanol–water partition coefficient (Wildman–Crippen LogP) is 20.9. The van der Waals surface area contributed by atoms with E-state index in [1.165, 1.54) is 244 Å². The SMILES string of the molecule is CCCCC/C=C\C/C=C\C/C=C\C/C=C\CCCCCCCCCCC(O)C(=O)NC(COC1OC(CO)C(O)C(O)C1OC(=O)CCCCCCCCCCCCCCCCCCCCCCCCCCCCC)C(O)/C=C/CCCCCCCCCCC. The zero-order valence-electron chi connectivity index (χ0n) is 59.5. The molecule has 1 aliphatic rings. The zero-order valence-corrected chi connectivity index (χ0v) is 59.5. The quantitative estimate of drug-likeness (QED) is 0.0195. The minimum absolute atomic E-state index is 0.127. The van der Waals surface area contributed by atoms with E-state index in [1.807, 2.05) is 6.08 Å². The smallest absolute Gasteiger partial charge is 0.306 e. The Bertz CT molecular complexity index is 1720. The summed E-state index contributed by atoms with van der Waals surface area (Å²) in [5.74, 6) is -1.19. The Kier molecular flexibility index (Phi) is 63.9. The van der Waals surface area contributed by atoms with Gasteiger partial charge in [0.25, 0.3) is 0 Å². The number of carbonyl (C=O) groups is 2. The van der Waals surface area contributed by atoms with Gasteiger partial charge in [-0.05, 0) is 70.6 Å². The molecule has 1 saturated heterocycles. The van der Waals surface area contributed by atoms with E-state index >= 15 is 0 Å². The monoisotopic (exact) mass is 1280 g/mol. The van der Waals surface area contributed by atoms with E-state index in [1.54, 1.807) is 6.08 Å². The Hall–Kier alpha value is -2.64. The number of esters is 1. The van der Waals surface area contributed by atoms with Gasteiger partial charge in [0.2, 0.25) is 5.91 Å². The Morgan fingerprint density at radius 3 is 1.15 bits per heavy atom. The van der Waals surface area contributed by atoms with Gasteiger partial charge in [-0.1, -0.05) is 358 Å². The number of unbranched alkanes of at least 4 members (excludes halogenated alkanes) is 46. The third-order valence-corrected chi connectivity index (χ3v) is 18.4. The Morgan fingerprint density at radius 2 is 0.758 bits per heavy atom. The first-order valence-electron chi connectivity index (χ1n) is 39.1. The fraction of sp³-hybridized carbons (Fsp3) is 0.850. The average Bonchev–Trinajstić information content (AvgIpc) is 0.943. The van der Waals surface area contributed by atoms with Crippen molar-refractivity contribution in [3.63, 3.8) is 0 Å². The van der Waals surface area contributed by atoms with Crippen molar-refractivity contribution in [3.05, 3.63) is 60.8 Å². The number of nitrogens with one attached hydrogen (secondary N) is 1. The van der Waals surface area contributed by atoms with Crippen molar-refractivity contribution in [1.82, 2.24) is 5.32 Å². The molecule has 0 saturated carbocycles. The van der Waals surface area contributed by atoms with Crippen molar-refractivity contribution in [1.29, 1.82) is 0 Å². The summed E-state index contributed by atoms with van der Waals surface area (Å²) in [5, 5.41) is 57.3. The number of allylic oxidation sites excluding steroid dienone is 9. The lowest BCUT2D eigenvalue weighted by molar-refractivity contribution is -0.305. The third kappa shape index (κ3) is 54.2. The van der Waals surface area contributed by atoms with Crippen LogP contribution in [0.4, 0.5) is 0 Å². The molecule has 0 aromatic heterocycles. The first-order valence-corrected chi connectivity index (χ1v) is 39.1. The van der Waals surface area contributed by atoms with Crippen LogP contribution in [0.3, 0.4) is 0 Å². The Morgan fingerprint density at radius 1 is 0.429 bits per heavy atom. The second-order valence-corrected chi connectivity index (χ2v) is 27.1. The minimum atomic E-state index is -1.61. The highest BCUT2D eigenvalue weighted by Crippen LogP contribution is 2.27. The lowest BCUT2D eigenvalue weighted by Crippen LogP contribution is -2.61. The number of aliphatic hydroxyl groups is 5. The molecule has 6 N–H and O–H groups in total. The fourth-order valence-electron chi connectivity index (χ4n) is 12.3. The van der Waals surface area contributed by atoms with Gasteiger partial charge in [-0.15, -0.1) is 0 Å². The summed E-state index contributed by atoms with van der Waals surface area (Å²) in [6.45, 7) is 5.81. The molecular formula is C80H147NO10. The van der Waals surface area contributed by atoms with Crippen LogP contribution in [0, 0.1) is 0 Å². The van der Waals surface area contributed by atoms with Gasteiger partial charge in [-0.25, -0.2) is 0 Å². The van der Waals surface area contributed by atoms with Gasteiger partial charge in [0.05, 0.1) is 25.4 Å². The molecule has 11 nitrogen and oxygen atoms in total. The third-order valence-electron chi connectivity index (χ3n) is 18.4. The Labute approximate surface area is 560 Å². The molecule has 8 atom stereocenters. The van der Waals surface area contributed by atoms with E-state index in [4.69, 9.17) is 14.2 Å². The lowest BCUT2D eigenvalue weighted by Gasteiger charge is -2.41. The van der Waals surface area contributed by atoms with Crippen LogP contribution in [0.15, 0.2) is 60.8 Å². The van der Waals surface area contributed by atoms with Gasteiger partial charge in [-0.3, -0.25) is 9.59 Å². The molecular weight excluding hydrogens is 1130 g/mol. The maximum Gasteiger partial charge on any atom is 0.306 e. The van der Waals surface area contributed by atoms with Crippen molar-refractivity contribution in [2.45, 2.75) is 423 Å². The second kappa shape index (κ2) is 67.3. The van der Waals surface area contributed by atoms with Gasteiger partial charge in [0.1, 0.15) is 24.4 Å². The van der Waals surface area contributed by atoms with Gasteiger partial charge in [0, 0.05) is 6.42 Å². The fourth-order valence-corrected chi connectivity index (χ4v) is 12.3. The number of carbonyl (C=O) groups excluding carboxylic acids is 2. The molecule has 1 rings (SSSR count). The van der Waals surface area contributed by atoms with Crippen LogP contribution >= 0.6 is 0 Å². The number of amides is 1. The van der Waals surface area contributed by atoms with Crippen LogP contribution in [0.25, 0.3) is 0 Å². The molecule has 8 unspecified atom stereocenters. The van der Waals surface area contributed by atoms with E-state index < -0.39 is 67.4 Å². The molecule has 1 fully saturated rings. The number of hydrogen-bond acceptors (Lipinski definition) is 10. The van der Waals surface area contributed by atoms with Crippen LogP contribution in [-0.4, -0.2) is 99.6 Å². The van der Waals surface area contributed by atoms with Gasteiger partial charge in [0.15, 0.2) is 12.4 Å². The molecule has 0 aromatic rings. The molecule has 0 spiro atoms.